The molecule has 0 aromatic heterocycles. The number of thioether (sulfide) groups is 1. The van der Waals surface area contributed by atoms with E-state index in [-0.39, 0.29) is 34.3 Å². The molecule has 1 aliphatic heterocycles. The van der Waals surface area contributed by atoms with Crippen molar-refractivity contribution < 1.29 is 24.3 Å². The number of amides is 1. The van der Waals surface area contributed by atoms with Gasteiger partial charge < -0.3 is 19.9 Å². The lowest BCUT2D eigenvalue weighted by Gasteiger charge is -2.08. The zero-order valence-corrected chi connectivity index (χ0v) is 16.4. The summed E-state index contributed by atoms with van der Waals surface area (Å²) in [5, 5.41) is 24.5. The van der Waals surface area contributed by atoms with Gasteiger partial charge in [-0.3, -0.25) is 14.9 Å². The lowest BCUT2D eigenvalue weighted by atomic mass is 10.1. The smallest absolute Gasteiger partial charge is 0.274 e. The zero-order valence-electron chi connectivity index (χ0n) is 15.5. The first kappa shape index (κ1) is 20.2. The van der Waals surface area contributed by atoms with Gasteiger partial charge in [-0.05, 0) is 49.0 Å². The number of hydrogen-bond donors (Lipinski definition) is 2. The van der Waals surface area contributed by atoms with Crippen LogP contribution < -0.4 is 14.8 Å². The summed E-state index contributed by atoms with van der Waals surface area (Å²) in [6.07, 6.45) is 1.36. The fraction of sp³-hybridized carbons (Fsp3) is 0.158. The van der Waals surface area contributed by atoms with Gasteiger partial charge in [0, 0.05) is 11.6 Å². The summed E-state index contributed by atoms with van der Waals surface area (Å²) in [6.45, 7) is 1.91. The summed E-state index contributed by atoms with van der Waals surface area (Å²) < 4.78 is 10.3. The van der Waals surface area contributed by atoms with Gasteiger partial charge in [0.05, 0.1) is 35.3 Å². The van der Waals surface area contributed by atoms with Crippen molar-refractivity contribution in [3.63, 3.8) is 0 Å². The molecule has 2 N–H and O–H groups in total. The molecule has 150 valence electrons. The Labute approximate surface area is 170 Å². The van der Waals surface area contributed by atoms with E-state index in [4.69, 9.17) is 9.47 Å². The molecule has 1 aliphatic rings. The molecule has 0 unspecified atom stereocenters. The van der Waals surface area contributed by atoms with Crippen molar-refractivity contribution in [1.82, 2.24) is 5.32 Å². The van der Waals surface area contributed by atoms with Crippen LogP contribution in [0.5, 0.6) is 17.2 Å². The minimum atomic E-state index is -0.595. The molecule has 1 fully saturated rings. The molecular formula is C19H17N3O6S. The number of rotatable bonds is 6. The van der Waals surface area contributed by atoms with Crippen LogP contribution in [0.4, 0.5) is 11.4 Å². The molecule has 0 saturated carbocycles. The predicted octanol–water partition coefficient (Wildman–Crippen LogP) is 3.60. The number of aliphatic imine (C=N–C) groups is 1. The molecule has 1 saturated heterocycles. The minimum Gasteiger partial charge on any atom is -0.504 e. The Bertz CT molecular complexity index is 1020. The Kier molecular flexibility index (Phi) is 6.03. The number of non-ortho nitro benzene ring substituents is 1. The standard InChI is InChI=1S/C19H17N3O6S/c1-3-28-15-10-13(22(25)26)8-11(17(15)23)9-16-18(24)21-19(29-16)20-12-4-6-14(27-2)7-5-12/h4-10,23H,3H2,1-2H3,(H,20,21,24)/b16-9+. The topological polar surface area (TPSA) is 123 Å². The van der Waals surface area contributed by atoms with Gasteiger partial charge in [-0.15, -0.1) is 0 Å². The zero-order chi connectivity index (χ0) is 21.0. The first-order chi connectivity index (χ1) is 13.9. The van der Waals surface area contributed by atoms with Gasteiger partial charge in [-0.2, -0.15) is 0 Å². The maximum Gasteiger partial charge on any atom is 0.274 e. The van der Waals surface area contributed by atoms with E-state index < -0.39 is 10.8 Å². The van der Waals surface area contributed by atoms with Crippen LogP contribution in [-0.4, -0.2) is 34.8 Å². The highest BCUT2D eigenvalue weighted by Crippen LogP contribution is 2.38. The van der Waals surface area contributed by atoms with Crippen molar-refractivity contribution in [3.8, 4) is 17.2 Å². The number of phenols is 1. The van der Waals surface area contributed by atoms with E-state index in [0.29, 0.717) is 16.6 Å². The molecule has 29 heavy (non-hydrogen) atoms. The number of nitrogens with one attached hydrogen (secondary N) is 1. The van der Waals surface area contributed by atoms with Gasteiger partial charge in [0.2, 0.25) is 0 Å². The van der Waals surface area contributed by atoms with Crippen LogP contribution in [0.1, 0.15) is 12.5 Å². The molecule has 0 radical (unpaired) electrons. The first-order valence-corrected chi connectivity index (χ1v) is 9.30. The number of aromatic hydroxyl groups is 1. The maximum absolute atomic E-state index is 12.3. The number of benzene rings is 2. The largest absolute Gasteiger partial charge is 0.504 e. The molecule has 9 nitrogen and oxygen atoms in total. The fourth-order valence-electron chi connectivity index (χ4n) is 2.49. The number of carbonyl (C=O) groups excluding carboxylic acids is 1. The van der Waals surface area contributed by atoms with Gasteiger partial charge in [0.25, 0.3) is 11.6 Å². The molecule has 2 aromatic rings. The van der Waals surface area contributed by atoms with Gasteiger partial charge in [0.15, 0.2) is 16.7 Å². The molecule has 1 heterocycles. The van der Waals surface area contributed by atoms with Crippen molar-refractivity contribution in [2.75, 3.05) is 13.7 Å². The van der Waals surface area contributed by atoms with Crippen LogP contribution in [0.2, 0.25) is 0 Å². The number of nitrogens with zero attached hydrogens (tertiary/aromatic N) is 2. The van der Waals surface area contributed by atoms with Crippen LogP contribution >= 0.6 is 11.8 Å². The van der Waals surface area contributed by atoms with E-state index in [9.17, 15) is 20.0 Å². The van der Waals surface area contributed by atoms with Crippen molar-refractivity contribution in [1.29, 1.82) is 0 Å². The molecule has 1 amide bonds. The Hall–Kier alpha value is -3.53. The highest BCUT2D eigenvalue weighted by atomic mass is 32.2. The maximum atomic E-state index is 12.3. The molecule has 10 heteroatoms. The second kappa shape index (κ2) is 8.65. The summed E-state index contributed by atoms with van der Waals surface area (Å²) in [5.41, 5.74) is 0.464. The first-order valence-electron chi connectivity index (χ1n) is 8.49. The average Bonchev–Trinajstić information content (AvgIpc) is 3.04. The molecule has 0 spiro atoms. The molecule has 3 rings (SSSR count). The number of nitro groups is 1. The third-order valence-corrected chi connectivity index (χ3v) is 4.75. The van der Waals surface area contributed by atoms with Crippen molar-refractivity contribution in [3.05, 3.63) is 57.0 Å². The Morgan fingerprint density at radius 1 is 1.31 bits per heavy atom. The van der Waals surface area contributed by atoms with Crippen molar-refractivity contribution in [2.45, 2.75) is 6.92 Å². The van der Waals surface area contributed by atoms with E-state index in [2.05, 4.69) is 10.3 Å². The highest BCUT2D eigenvalue weighted by molar-refractivity contribution is 8.18. The quantitative estimate of drug-likeness (QED) is 0.420. The average molecular weight is 415 g/mol. The highest BCUT2D eigenvalue weighted by Gasteiger charge is 2.25. The van der Waals surface area contributed by atoms with Crippen LogP contribution in [-0.2, 0) is 4.79 Å². The summed E-state index contributed by atoms with van der Waals surface area (Å²) in [7, 11) is 1.56. The van der Waals surface area contributed by atoms with Crippen molar-refractivity contribution in [2.24, 2.45) is 4.99 Å². The lowest BCUT2D eigenvalue weighted by Crippen LogP contribution is -2.19. The Morgan fingerprint density at radius 2 is 2.03 bits per heavy atom. The Morgan fingerprint density at radius 3 is 2.66 bits per heavy atom. The van der Waals surface area contributed by atoms with Crippen LogP contribution in [0, 0.1) is 10.1 Å². The van der Waals surface area contributed by atoms with Gasteiger partial charge >= 0.3 is 0 Å². The second-order valence-corrected chi connectivity index (χ2v) is 6.78. The second-order valence-electron chi connectivity index (χ2n) is 5.75. The van der Waals surface area contributed by atoms with E-state index in [1.54, 1.807) is 38.3 Å². The van der Waals surface area contributed by atoms with Gasteiger partial charge in [-0.25, -0.2) is 4.99 Å². The van der Waals surface area contributed by atoms with Crippen LogP contribution in [0.3, 0.4) is 0 Å². The number of hydrogen-bond acceptors (Lipinski definition) is 8. The van der Waals surface area contributed by atoms with Gasteiger partial charge in [0.1, 0.15) is 5.75 Å². The number of carbonyl (C=O) groups is 1. The monoisotopic (exact) mass is 415 g/mol. The number of nitro benzene ring substituents is 1. The van der Waals surface area contributed by atoms with E-state index in [1.165, 1.54) is 12.1 Å². The molecule has 0 aliphatic carbocycles. The predicted molar refractivity (Wildman–Crippen MR) is 110 cm³/mol. The third kappa shape index (κ3) is 4.66. The lowest BCUT2D eigenvalue weighted by molar-refractivity contribution is -0.385. The van der Waals surface area contributed by atoms with Crippen molar-refractivity contribution >= 4 is 40.3 Å². The number of ether oxygens (including phenoxy) is 2. The van der Waals surface area contributed by atoms with Crippen LogP contribution in [0.25, 0.3) is 6.08 Å². The van der Waals surface area contributed by atoms with E-state index >= 15 is 0 Å². The summed E-state index contributed by atoms with van der Waals surface area (Å²) in [6, 6.07) is 9.28. The SMILES string of the molecule is CCOc1cc([N+](=O)[O-])cc(/C=C2/SC(=Nc3ccc(OC)cc3)NC2=O)c1O. The summed E-state index contributed by atoms with van der Waals surface area (Å²) in [4.78, 5) is 27.4. The van der Waals surface area contributed by atoms with Gasteiger partial charge in [-0.1, -0.05) is 0 Å². The summed E-state index contributed by atoms with van der Waals surface area (Å²) in [5.74, 6) is -0.0435. The number of phenolic OH excluding ortho intramolecular Hbond substituents is 1. The number of amidine groups is 1. The third-order valence-electron chi connectivity index (χ3n) is 3.84. The van der Waals surface area contributed by atoms with E-state index in [1.807, 2.05) is 0 Å². The molecule has 2 aromatic carbocycles. The molecule has 0 atom stereocenters. The normalized spacial score (nSPS) is 16.1. The molecular weight excluding hydrogens is 398 g/mol. The number of methoxy groups -OCH3 is 1. The van der Waals surface area contributed by atoms with E-state index in [0.717, 1.165) is 17.8 Å². The summed E-state index contributed by atoms with van der Waals surface area (Å²) >= 11 is 1.06. The minimum absolute atomic E-state index is 0.0240. The van der Waals surface area contributed by atoms with Crippen LogP contribution in [0.15, 0.2) is 46.3 Å². The fourth-order valence-corrected chi connectivity index (χ4v) is 3.32. The molecule has 0 bridgehead atoms. The Balaban J connectivity index is 1.91.